The van der Waals surface area contributed by atoms with Crippen molar-refractivity contribution in [2.24, 2.45) is 0 Å². The third-order valence-corrected chi connectivity index (χ3v) is 4.09. The topological polar surface area (TPSA) is 62.4 Å². The molecule has 3 aromatic rings. The Labute approximate surface area is 167 Å². The van der Waals surface area contributed by atoms with E-state index in [1.165, 1.54) is 0 Å². The van der Waals surface area contributed by atoms with Crippen molar-refractivity contribution >= 4 is 46.3 Å². The lowest BCUT2D eigenvalue weighted by atomic mass is 10.2. The second-order valence-electron chi connectivity index (χ2n) is 5.56. The Kier molecular flexibility index (Phi) is 6.41. The number of urea groups is 1. The highest BCUT2D eigenvalue weighted by Gasteiger charge is 2.05. The summed E-state index contributed by atoms with van der Waals surface area (Å²) in [7, 11) is 0. The van der Waals surface area contributed by atoms with E-state index in [2.05, 4.69) is 16.0 Å². The first-order valence-electron chi connectivity index (χ1n) is 8.15. The maximum absolute atomic E-state index is 11.9. The molecule has 0 radical (unpaired) electrons. The van der Waals surface area contributed by atoms with Crippen LogP contribution < -0.4 is 20.7 Å². The SMILES string of the molecule is O=C(NCOc1ccc(Cl)cc1Cl)Nc1ccc(Nc2ccccc2)cc1. The fourth-order valence-electron chi connectivity index (χ4n) is 2.27. The Morgan fingerprint density at radius 3 is 2.22 bits per heavy atom. The van der Waals surface area contributed by atoms with Crippen LogP contribution in [0.3, 0.4) is 0 Å². The third kappa shape index (κ3) is 5.81. The monoisotopic (exact) mass is 401 g/mol. The number of nitrogens with one attached hydrogen (secondary N) is 3. The molecule has 0 fully saturated rings. The molecule has 0 bridgehead atoms. The Balaban J connectivity index is 1.46. The van der Waals surface area contributed by atoms with Crippen LogP contribution in [0.5, 0.6) is 5.75 Å². The smallest absolute Gasteiger partial charge is 0.321 e. The molecule has 0 aliphatic heterocycles. The number of amides is 2. The summed E-state index contributed by atoms with van der Waals surface area (Å²) in [5.74, 6) is 0.442. The normalized spacial score (nSPS) is 10.1. The second kappa shape index (κ2) is 9.16. The van der Waals surface area contributed by atoms with Crippen LogP contribution in [0.4, 0.5) is 21.9 Å². The van der Waals surface area contributed by atoms with Crippen LogP contribution in [0.15, 0.2) is 72.8 Å². The van der Waals surface area contributed by atoms with E-state index in [1.54, 1.807) is 18.2 Å². The maximum atomic E-state index is 11.9. The minimum absolute atomic E-state index is 0.0270. The van der Waals surface area contributed by atoms with Crippen molar-refractivity contribution in [1.29, 1.82) is 0 Å². The van der Waals surface area contributed by atoms with Gasteiger partial charge in [-0.25, -0.2) is 4.79 Å². The first kappa shape index (κ1) is 18.9. The van der Waals surface area contributed by atoms with E-state index < -0.39 is 0 Å². The highest BCUT2D eigenvalue weighted by atomic mass is 35.5. The van der Waals surface area contributed by atoms with Gasteiger partial charge in [0.1, 0.15) is 5.75 Å². The minimum atomic E-state index is -0.385. The first-order valence-corrected chi connectivity index (χ1v) is 8.90. The Morgan fingerprint density at radius 2 is 1.52 bits per heavy atom. The molecule has 5 nitrogen and oxygen atoms in total. The van der Waals surface area contributed by atoms with Crippen molar-refractivity contribution in [2.75, 3.05) is 17.4 Å². The van der Waals surface area contributed by atoms with Crippen molar-refractivity contribution in [1.82, 2.24) is 5.32 Å². The molecule has 27 heavy (non-hydrogen) atoms. The van der Waals surface area contributed by atoms with Gasteiger partial charge in [0.05, 0.1) is 5.02 Å². The van der Waals surface area contributed by atoms with Gasteiger partial charge in [-0.05, 0) is 54.6 Å². The number of hydrogen-bond acceptors (Lipinski definition) is 3. The van der Waals surface area contributed by atoms with Gasteiger partial charge in [-0.1, -0.05) is 41.4 Å². The van der Waals surface area contributed by atoms with Gasteiger partial charge in [-0.15, -0.1) is 0 Å². The van der Waals surface area contributed by atoms with Crippen molar-refractivity contribution in [3.05, 3.63) is 82.8 Å². The van der Waals surface area contributed by atoms with Crippen molar-refractivity contribution < 1.29 is 9.53 Å². The molecule has 0 saturated heterocycles. The van der Waals surface area contributed by atoms with Gasteiger partial charge in [-0.2, -0.15) is 0 Å². The summed E-state index contributed by atoms with van der Waals surface area (Å²) >= 11 is 11.8. The number of carbonyl (C=O) groups is 1. The predicted octanol–water partition coefficient (Wildman–Crippen LogP) is 5.90. The summed E-state index contributed by atoms with van der Waals surface area (Å²) in [5, 5.41) is 9.50. The van der Waals surface area contributed by atoms with E-state index in [1.807, 2.05) is 54.6 Å². The summed E-state index contributed by atoms with van der Waals surface area (Å²) in [6.07, 6.45) is 0. The molecule has 3 aromatic carbocycles. The lowest BCUT2D eigenvalue weighted by molar-refractivity contribution is 0.234. The molecule has 0 spiro atoms. The number of halogens is 2. The van der Waals surface area contributed by atoms with Crippen LogP contribution in [0.25, 0.3) is 0 Å². The number of hydrogen-bond donors (Lipinski definition) is 3. The number of benzene rings is 3. The highest BCUT2D eigenvalue weighted by Crippen LogP contribution is 2.27. The summed E-state index contributed by atoms with van der Waals surface area (Å²) in [6, 6.07) is 21.7. The molecule has 2 amide bonds. The number of carbonyl (C=O) groups excluding carboxylic acids is 1. The number of ether oxygens (including phenoxy) is 1. The lowest BCUT2D eigenvalue weighted by Gasteiger charge is -2.11. The molecule has 0 saturated carbocycles. The first-order chi connectivity index (χ1) is 13.1. The maximum Gasteiger partial charge on any atom is 0.321 e. The molecular weight excluding hydrogens is 385 g/mol. The van der Waals surface area contributed by atoms with Crippen LogP contribution in [0, 0.1) is 0 Å². The second-order valence-corrected chi connectivity index (χ2v) is 6.41. The van der Waals surface area contributed by atoms with E-state index in [0.717, 1.165) is 11.4 Å². The predicted molar refractivity (Wildman–Crippen MR) is 110 cm³/mol. The van der Waals surface area contributed by atoms with Crippen molar-refractivity contribution in [3.8, 4) is 5.75 Å². The molecule has 3 N–H and O–H groups in total. The number of anilines is 3. The van der Waals surface area contributed by atoms with Gasteiger partial charge >= 0.3 is 6.03 Å². The van der Waals surface area contributed by atoms with Gasteiger partial charge in [-0.3, -0.25) is 0 Å². The molecule has 0 aromatic heterocycles. The summed E-state index contributed by atoms with van der Waals surface area (Å²) in [6.45, 7) is -0.0270. The van der Waals surface area contributed by atoms with E-state index >= 15 is 0 Å². The van der Waals surface area contributed by atoms with Crippen LogP contribution >= 0.6 is 23.2 Å². The standard InChI is InChI=1S/C20H17Cl2N3O2/c21-14-6-11-19(18(22)12-14)27-13-23-20(26)25-17-9-7-16(8-10-17)24-15-4-2-1-3-5-15/h1-12,24H,13H2,(H2,23,25,26). The molecule has 0 aliphatic carbocycles. The minimum Gasteiger partial charge on any atom is -0.472 e. The van der Waals surface area contributed by atoms with Gasteiger partial charge in [0.25, 0.3) is 0 Å². The fraction of sp³-hybridized carbons (Fsp3) is 0.0500. The Bertz CT molecular complexity index is 903. The van der Waals surface area contributed by atoms with E-state index in [0.29, 0.717) is 21.5 Å². The zero-order valence-electron chi connectivity index (χ0n) is 14.2. The van der Waals surface area contributed by atoms with Gasteiger partial charge in [0, 0.05) is 22.1 Å². The highest BCUT2D eigenvalue weighted by molar-refractivity contribution is 6.35. The molecule has 0 heterocycles. The van der Waals surface area contributed by atoms with Crippen LogP contribution in [-0.4, -0.2) is 12.8 Å². The largest absolute Gasteiger partial charge is 0.472 e. The van der Waals surface area contributed by atoms with Crippen LogP contribution in [-0.2, 0) is 0 Å². The average Bonchev–Trinajstić information content (AvgIpc) is 2.66. The zero-order valence-corrected chi connectivity index (χ0v) is 15.7. The molecule has 138 valence electrons. The van der Waals surface area contributed by atoms with Crippen molar-refractivity contribution in [2.45, 2.75) is 0 Å². The molecule has 0 aliphatic rings. The Hall–Kier alpha value is -2.89. The van der Waals surface area contributed by atoms with Crippen molar-refractivity contribution in [3.63, 3.8) is 0 Å². The average molecular weight is 402 g/mol. The molecule has 7 heteroatoms. The van der Waals surface area contributed by atoms with Crippen LogP contribution in [0.1, 0.15) is 0 Å². The van der Waals surface area contributed by atoms with E-state index in [9.17, 15) is 4.79 Å². The Morgan fingerprint density at radius 1 is 0.852 bits per heavy atom. The van der Waals surface area contributed by atoms with Gasteiger partial charge in [0.2, 0.25) is 0 Å². The number of rotatable bonds is 6. The third-order valence-electron chi connectivity index (χ3n) is 3.56. The van der Waals surface area contributed by atoms with E-state index in [4.69, 9.17) is 27.9 Å². The molecule has 3 rings (SSSR count). The molecule has 0 unspecified atom stereocenters. The quantitative estimate of drug-likeness (QED) is 0.450. The summed E-state index contributed by atoms with van der Waals surface area (Å²) in [4.78, 5) is 11.9. The fourth-order valence-corrected chi connectivity index (χ4v) is 2.74. The summed E-state index contributed by atoms with van der Waals surface area (Å²) < 4.78 is 5.41. The van der Waals surface area contributed by atoms with Gasteiger partial charge < -0.3 is 20.7 Å². The van der Waals surface area contributed by atoms with Crippen LogP contribution in [0.2, 0.25) is 10.0 Å². The zero-order chi connectivity index (χ0) is 19.1. The molecule has 0 atom stereocenters. The van der Waals surface area contributed by atoms with Gasteiger partial charge in [0.15, 0.2) is 6.73 Å². The molecular formula is C20H17Cl2N3O2. The van der Waals surface area contributed by atoms with E-state index in [-0.39, 0.29) is 12.8 Å². The summed E-state index contributed by atoms with van der Waals surface area (Å²) in [5.41, 5.74) is 2.58. The lowest BCUT2D eigenvalue weighted by Crippen LogP contribution is -2.32. The number of para-hydroxylation sites is 1.